The molecule has 0 radical (unpaired) electrons. The van der Waals surface area contributed by atoms with Gasteiger partial charge in [0, 0.05) is 16.5 Å². The Morgan fingerprint density at radius 3 is 1.82 bits per heavy atom. The van der Waals surface area contributed by atoms with E-state index in [0.717, 1.165) is 6.42 Å². The number of fused-ring (bicyclic) bond motifs is 7. The van der Waals surface area contributed by atoms with Crippen LogP contribution >= 0.6 is 0 Å². The van der Waals surface area contributed by atoms with Gasteiger partial charge >= 0.3 is 0 Å². The molecule has 7 aromatic rings. The molecule has 1 aliphatic carbocycles. The van der Waals surface area contributed by atoms with Crippen LogP contribution in [-0.4, -0.2) is 4.57 Å². The fourth-order valence-electron chi connectivity index (χ4n) is 6.31. The fraction of sp³-hybridized carbons (Fsp3) is 0.0270. The molecule has 8 rings (SSSR count). The molecule has 0 saturated carbocycles. The number of benzene rings is 6. The molecule has 0 bridgehead atoms. The molecule has 0 atom stereocenters. The van der Waals surface area contributed by atoms with E-state index in [0.29, 0.717) is 0 Å². The van der Waals surface area contributed by atoms with Crippen molar-refractivity contribution >= 4 is 21.8 Å². The predicted octanol–water partition coefficient (Wildman–Crippen LogP) is 9.69. The minimum atomic E-state index is 0.982. The van der Waals surface area contributed by atoms with E-state index in [9.17, 15) is 0 Å². The summed E-state index contributed by atoms with van der Waals surface area (Å²) < 4.78 is 2.47. The first-order valence-corrected chi connectivity index (χ1v) is 13.2. The van der Waals surface area contributed by atoms with Crippen LogP contribution in [0.15, 0.2) is 140 Å². The van der Waals surface area contributed by atoms with Crippen molar-refractivity contribution in [2.45, 2.75) is 6.42 Å². The van der Waals surface area contributed by atoms with Crippen LogP contribution in [0, 0.1) is 0 Å². The molecule has 0 saturated heterocycles. The molecule has 1 heteroatoms. The molecule has 0 aliphatic heterocycles. The monoisotopic (exact) mass is 483 g/mol. The second-order valence-corrected chi connectivity index (χ2v) is 10.2. The first kappa shape index (κ1) is 21.2. The van der Waals surface area contributed by atoms with E-state index in [1.54, 1.807) is 0 Å². The van der Waals surface area contributed by atoms with E-state index in [4.69, 9.17) is 0 Å². The third kappa shape index (κ3) is 3.19. The average molecular weight is 484 g/mol. The van der Waals surface area contributed by atoms with Crippen molar-refractivity contribution < 1.29 is 0 Å². The van der Waals surface area contributed by atoms with Gasteiger partial charge in [0.2, 0.25) is 0 Å². The summed E-state index contributed by atoms with van der Waals surface area (Å²) in [5.74, 6) is 0. The third-order valence-corrected chi connectivity index (χ3v) is 8.01. The molecule has 0 N–H and O–H groups in total. The van der Waals surface area contributed by atoms with E-state index in [1.807, 2.05) is 0 Å². The molecule has 178 valence electrons. The maximum atomic E-state index is 2.47. The Labute approximate surface area is 222 Å². The van der Waals surface area contributed by atoms with Crippen molar-refractivity contribution in [2.24, 2.45) is 0 Å². The Balaban J connectivity index is 1.44. The summed E-state index contributed by atoms with van der Waals surface area (Å²) >= 11 is 0. The summed E-state index contributed by atoms with van der Waals surface area (Å²) in [7, 11) is 0. The van der Waals surface area contributed by atoms with Gasteiger partial charge < -0.3 is 4.57 Å². The van der Waals surface area contributed by atoms with Crippen LogP contribution in [0.1, 0.15) is 11.1 Å². The highest BCUT2D eigenvalue weighted by Crippen LogP contribution is 2.44. The molecular formula is C37H25N. The predicted molar refractivity (Wildman–Crippen MR) is 160 cm³/mol. The van der Waals surface area contributed by atoms with E-state index in [1.165, 1.54) is 72.0 Å². The third-order valence-electron chi connectivity index (χ3n) is 8.01. The molecule has 1 aromatic heterocycles. The van der Waals surface area contributed by atoms with E-state index < -0.39 is 0 Å². The number of hydrogen-bond donors (Lipinski definition) is 0. The zero-order valence-corrected chi connectivity index (χ0v) is 20.9. The lowest BCUT2D eigenvalue weighted by atomic mass is 9.98. The van der Waals surface area contributed by atoms with Gasteiger partial charge in [-0.05, 0) is 81.3 Å². The van der Waals surface area contributed by atoms with Crippen molar-refractivity contribution in [1.29, 1.82) is 0 Å². The Morgan fingerprint density at radius 2 is 1.08 bits per heavy atom. The highest BCUT2D eigenvalue weighted by molar-refractivity contribution is 6.13. The second kappa shape index (κ2) is 8.33. The summed E-state index contributed by atoms with van der Waals surface area (Å²) in [6, 6.07) is 50.8. The number of hydrogen-bond acceptors (Lipinski definition) is 0. The summed E-state index contributed by atoms with van der Waals surface area (Å²) in [5.41, 5.74) is 14.2. The minimum absolute atomic E-state index is 0.982. The first-order chi connectivity index (χ1) is 18.8. The van der Waals surface area contributed by atoms with Gasteiger partial charge in [-0.2, -0.15) is 0 Å². The lowest BCUT2D eigenvalue weighted by Gasteiger charge is -2.14. The van der Waals surface area contributed by atoms with Crippen LogP contribution < -0.4 is 0 Å². The molecular weight excluding hydrogens is 458 g/mol. The van der Waals surface area contributed by atoms with Crippen LogP contribution in [0.4, 0.5) is 0 Å². The Morgan fingerprint density at radius 1 is 0.447 bits per heavy atom. The molecule has 0 amide bonds. The van der Waals surface area contributed by atoms with Crippen LogP contribution in [0.5, 0.6) is 0 Å². The average Bonchev–Trinajstić information content (AvgIpc) is 3.53. The Kier molecular flexibility index (Phi) is 4.65. The summed E-state index contributed by atoms with van der Waals surface area (Å²) in [6.07, 6.45) is 0.982. The second-order valence-electron chi connectivity index (χ2n) is 10.2. The van der Waals surface area contributed by atoms with Crippen molar-refractivity contribution in [3.63, 3.8) is 0 Å². The van der Waals surface area contributed by atoms with Crippen molar-refractivity contribution in [3.8, 4) is 39.1 Å². The largest absolute Gasteiger partial charge is 0.309 e. The van der Waals surface area contributed by atoms with Gasteiger partial charge in [-0.1, -0.05) is 109 Å². The van der Waals surface area contributed by atoms with Crippen LogP contribution in [-0.2, 0) is 6.42 Å². The van der Waals surface area contributed by atoms with Gasteiger partial charge in [-0.3, -0.25) is 0 Å². The summed E-state index contributed by atoms with van der Waals surface area (Å²) in [6.45, 7) is 0. The lowest BCUT2D eigenvalue weighted by molar-refractivity contribution is 1.18. The van der Waals surface area contributed by atoms with Gasteiger partial charge in [-0.15, -0.1) is 0 Å². The fourth-order valence-corrected chi connectivity index (χ4v) is 6.31. The van der Waals surface area contributed by atoms with Crippen molar-refractivity contribution in [3.05, 3.63) is 151 Å². The Bertz CT molecular complexity index is 1920. The quantitative estimate of drug-likeness (QED) is 0.236. The van der Waals surface area contributed by atoms with Crippen LogP contribution in [0.25, 0.3) is 60.9 Å². The zero-order chi connectivity index (χ0) is 25.1. The standard InChI is InChI=1S/C37H25N/c1-3-11-25(12-4-1)28-21-29(26-13-5-2-6-14-26)23-30(22-28)38-35-18-10-9-17-33(35)37-34-24-27-15-7-8-16-31(27)32(34)19-20-36(37)38/h1-23H,24H2. The number of rotatable bonds is 3. The lowest BCUT2D eigenvalue weighted by Crippen LogP contribution is -1.96. The number of nitrogens with zero attached hydrogens (tertiary/aromatic N) is 1. The van der Waals surface area contributed by atoms with Gasteiger partial charge in [0.15, 0.2) is 0 Å². The minimum Gasteiger partial charge on any atom is -0.309 e. The van der Waals surface area contributed by atoms with E-state index in [2.05, 4.69) is 144 Å². The molecule has 6 aromatic carbocycles. The molecule has 0 unspecified atom stereocenters. The van der Waals surface area contributed by atoms with Gasteiger partial charge in [0.1, 0.15) is 0 Å². The normalized spacial score (nSPS) is 12.1. The molecule has 1 heterocycles. The van der Waals surface area contributed by atoms with Gasteiger partial charge in [0.05, 0.1) is 11.0 Å². The van der Waals surface area contributed by atoms with Crippen molar-refractivity contribution in [2.75, 3.05) is 0 Å². The molecule has 1 aliphatic rings. The van der Waals surface area contributed by atoms with Gasteiger partial charge in [-0.25, -0.2) is 0 Å². The zero-order valence-electron chi connectivity index (χ0n) is 20.9. The highest BCUT2D eigenvalue weighted by Gasteiger charge is 2.24. The topological polar surface area (TPSA) is 4.93 Å². The maximum absolute atomic E-state index is 2.47. The number of para-hydroxylation sites is 1. The summed E-state index contributed by atoms with van der Waals surface area (Å²) in [5, 5.41) is 2.69. The molecule has 0 spiro atoms. The van der Waals surface area contributed by atoms with Gasteiger partial charge in [0.25, 0.3) is 0 Å². The maximum Gasteiger partial charge on any atom is 0.0544 e. The Hall–Kier alpha value is -4.88. The molecule has 1 nitrogen and oxygen atoms in total. The van der Waals surface area contributed by atoms with E-state index >= 15 is 0 Å². The van der Waals surface area contributed by atoms with Crippen molar-refractivity contribution in [1.82, 2.24) is 4.57 Å². The molecule has 38 heavy (non-hydrogen) atoms. The van der Waals surface area contributed by atoms with Crippen LogP contribution in [0.3, 0.4) is 0 Å². The highest BCUT2D eigenvalue weighted by atomic mass is 15.0. The number of aromatic nitrogens is 1. The first-order valence-electron chi connectivity index (χ1n) is 13.2. The smallest absolute Gasteiger partial charge is 0.0544 e. The van der Waals surface area contributed by atoms with E-state index in [-0.39, 0.29) is 0 Å². The SMILES string of the molecule is c1ccc(-c2cc(-c3ccccc3)cc(-n3c4ccccc4c4c5c(ccc43)-c3ccccc3C5)c2)cc1. The van der Waals surface area contributed by atoms with Crippen LogP contribution in [0.2, 0.25) is 0 Å². The summed E-state index contributed by atoms with van der Waals surface area (Å²) in [4.78, 5) is 0. The molecule has 0 fully saturated rings.